The number of ether oxygens (including phenoxy) is 1. The molecule has 7 heteroatoms. The molecule has 0 radical (unpaired) electrons. The van der Waals surface area contributed by atoms with Crippen molar-refractivity contribution in [3.8, 4) is 0 Å². The SMILES string of the molecule is Cc1ccc([C@H](CNC(=O)NCc2ccccn2)N2CCOCC2)o1. The molecule has 134 valence electrons. The maximum absolute atomic E-state index is 12.1. The third-order valence-electron chi connectivity index (χ3n) is 4.19. The van der Waals surface area contributed by atoms with E-state index in [4.69, 9.17) is 9.15 Å². The summed E-state index contributed by atoms with van der Waals surface area (Å²) in [5.74, 6) is 1.73. The van der Waals surface area contributed by atoms with Gasteiger partial charge in [0, 0.05) is 25.8 Å². The lowest BCUT2D eigenvalue weighted by atomic mass is 10.1. The molecule has 1 aliphatic heterocycles. The fraction of sp³-hybridized carbons (Fsp3) is 0.444. The molecule has 2 amide bonds. The molecule has 0 bridgehead atoms. The summed E-state index contributed by atoms with van der Waals surface area (Å²) in [6.45, 7) is 5.83. The van der Waals surface area contributed by atoms with E-state index in [1.54, 1.807) is 6.20 Å². The zero-order valence-electron chi connectivity index (χ0n) is 14.4. The van der Waals surface area contributed by atoms with Crippen LogP contribution in [0.1, 0.15) is 23.3 Å². The normalized spacial score (nSPS) is 16.4. The fourth-order valence-corrected chi connectivity index (χ4v) is 2.86. The van der Waals surface area contributed by atoms with Crippen LogP contribution in [0.2, 0.25) is 0 Å². The molecule has 1 fully saturated rings. The molecule has 2 aromatic rings. The molecule has 1 aliphatic rings. The number of aromatic nitrogens is 1. The fourth-order valence-electron chi connectivity index (χ4n) is 2.86. The summed E-state index contributed by atoms with van der Waals surface area (Å²) < 4.78 is 11.2. The topological polar surface area (TPSA) is 79.6 Å². The van der Waals surface area contributed by atoms with Gasteiger partial charge in [0.15, 0.2) is 0 Å². The van der Waals surface area contributed by atoms with Gasteiger partial charge in [0.2, 0.25) is 0 Å². The predicted molar refractivity (Wildman–Crippen MR) is 93.1 cm³/mol. The van der Waals surface area contributed by atoms with Crippen LogP contribution in [0.15, 0.2) is 40.9 Å². The number of carbonyl (C=O) groups is 1. The first-order chi connectivity index (χ1) is 12.2. The standard InChI is InChI=1S/C18H24N4O3/c1-14-5-6-17(25-14)16(22-8-10-24-11-9-22)13-21-18(23)20-12-15-4-2-3-7-19-15/h2-7,16H,8-13H2,1H3,(H2,20,21,23)/t16-/m0/s1. The van der Waals surface area contributed by atoms with Crippen LogP contribution < -0.4 is 10.6 Å². The van der Waals surface area contributed by atoms with Crippen LogP contribution in [-0.2, 0) is 11.3 Å². The van der Waals surface area contributed by atoms with Gasteiger partial charge in [-0.3, -0.25) is 9.88 Å². The maximum atomic E-state index is 12.1. The molecule has 2 N–H and O–H groups in total. The summed E-state index contributed by atoms with van der Waals surface area (Å²) in [5.41, 5.74) is 0.823. The molecule has 2 aromatic heterocycles. The van der Waals surface area contributed by atoms with Gasteiger partial charge in [0.05, 0.1) is 31.5 Å². The van der Waals surface area contributed by atoms with Crippen molar-refractivity contribution in [1.82, 2.24) is 20.5 Å². The molecular formula is C18H24N4O3. The number of aryl methyl sites for hydroxylation is 1. The quantitative estimate of drug-likeness (QED) is 0.836. The number of nitrogens with one attached hydrogen (secondary N) is 2. The van der Waals surface area contributed by atoms with Crippen LogP contribution in [0.3, 0.4) is 0 Å². The summed E-state index contributed by atoms with van der Waals surface area (Å²) in [6, 6.07) is 9.33. The number of pyridine rings is 1. The van der Waals surface area contributed by atoms with Crippen molar-refractivity contribution in [2.45, 2.75) is 19.5 Å². The number of hydrogen-bond donors (Lipinski definition) is 2. The molecule has 0 unspecified atom stereocenters. The first-order valence-electron chi connectivity index (χ1n) is 8.52. The molecule has 0 spiro atoms. The molecule has 7 nitrogen and oxygen atoms in total. The van der Waals surface area contributed by atoms with E-state index < -0.39 is 0 Å². The maximum Gasteiger partial charge on any atom is 0.315 e. The number of urea groups is 1. The van der Waals surface area contributed by atoms with E-state index in [1.165, 1.54) is 0 Å². The summed E-state index contributed by atoms with van der Waals surface area (Å²) in [7, 11) is 0. The first-order valence-corrected chi connectivity index (χ1v) is 8.52. The number of hydrogen-bond acceptors (Lipinski definition) is 5. The third-order valence-corrected chi connectivity index (χ3v) is 4.19. The first kappa shape index (κ1) is 17.4. The number of amides is 2. The van der Waals surface area contributed by atoms with Crippen LogP contribution in [0.4, 0.5) is 4.79 Å². The number of furan rings is 1. The van der Waals surface area contributed by atoms with E-state index in [0.717, 1.165) is 30.3 Å². The molecule has 0 aromatic carbocycles. The zero-order chi connectivity index (χ0) is 17.5. The van der Waals surface area contributed by atoms with Gasteiger partial charge < -0.3 is 19.8 Å². The van der Waals surface area contributed by atoms with Crippen LogP contribution in [0, 0.1) is 6.92 Å². The average molecular weight is 344 g/mol. The zero-order valence-corrected chi connectivity index (χ0v) is 14.4. The number of carbonyl (C=O) groups excluding carboxylic acids is 1. The van der Waals surface area contributed by atoms with Crippen LogP contribution in [-0.4, -0.2) is 48.8 Å². The molecule has 3 rings (SSSR count). The van der Waals surface area contributed by atoms with Crippen LogP contribution in [0.25, 0.3) is 0 Å². The summed E-state index contributed by atoms with van der Waals surface area (Å²) in [6.07, 6.45) is 1.71. The van der Waals surface area contributed by atoms with Crippen LogP contribution >= 0.6 is 0 Å². The van der Waals surface area contributed by atoms with Crippen molar-refractivity contribution in [2.24, 2.45) is 0 Å². The third kappa shape index (κ3) is 5.04. The Morgan fingerprint density at radius 1 is 1.24 bits per heavy atom. The van der Waals surface area contributed by atoms with E-state index in [0.29, 0.717) is 26.3 Å². The monoisotopic (exact) mass is 344 g/mol. The van der Waals surface area contributed by atoms with Crippen molar-refractivity contribution < 1.29 is 13.9 Å². The highest BCUT2D eigenvalue weighted by Gasteiger charge is 2.25. The molecule has 1 atom stereocenters. The van der Waals surface area contributed by atoms with Gasteiger partial charge in [-0.25, -0.2) is 4.79 Å². The van der Waals surface area contributed by atoms with E-state index in [2.05, 4.69) is 20.5 Å². The second kappa shape index (κ2) is 8.64. The molecular weight excluding hydrogens is 320 g/mol. The summed E-state index contributed by atoms with van der Waals surface area (Å²) in [4.78, 5) is 18.6. The molecule has 0 saturated carbocycles. The van der Waals surface area contributed by atoms with E-state index in [-0.39, 0.29) is 12.1 Å². The van der Waals surface area contributed by atoms with Gasteiger partial charge in [-0.05, 0) is 31.2 Å². The summed E-state index contributed by atoms with van der Waals surface area (Å²) >= 11 is 0. The van der Waals surface area contributed by atoms with E-state index in [1.807, 2.05) is 37.3 Å². The van der Waals surface area contributed by atoms with Gasteiger partial charge in [-0.2, -0.15) is 0 Å². The minimum absolute atomic E-state index is 0.00167. The number of morpholine rings is 1. The molecule has 25 heavy (non-hydrogen) atoms. The van der Waals surface area contributed by atoms with Gasteiger partial charge >= 0.3 is 6.03 Å². The molecule has 3 heterocycles. The second-order valence-electron chi connectivity index (χ2n) is 6.00. The Balaban J connectivity index is 1.55. The van der Waals surface area contributed by atoms with Crippen molar-refractivity contribution in [3.63, 3.8) is 0 Å². The van der Waals surface area contributed by atoms with Gasteiger partial charge in [-0.1, -0.05) is 6.07 Å². The highest BCUT2D eigenvalue weighted by Crippen LogP contribution is 2.23. The highest BCUT2D eigenvalue weighted by molar-refractivity contribution is 5.73. The lowest BCUT2D eigenvalue weighted by molar-refractivity contribution is 0.0121. The van der Waals surface area contributed by atoms with Crippen molar-refractivity contribution in [1.29, 1.82) is 0 Å². The Hall–Kier alpha value is -2.38. The largest absolute Gasteiger partial charge is 0.465 e. The van der Waals surface area contributed by atoms with Crippen molar-refractivity contribution in [2.75, 3.05) is 32.8 Å². The Bertz CT molecular complexity index is 668. The van der Waals surface area contributed by atoms with Crippen molar-refractivity contribution >= 4 is 6.03 Å². The Labute approximate surface area is 147 Å². The van der Waals surface area contributed by atoms with Gasteiger partial charge in [0.1, 0.15) is 11.5 Å². The van der Waals surface area contributed by atoms with E-state index >= 15 is 0 Å². The highest BCUT2D eigenvalue weighted by atomic mass is 16.5. The van der Waals surface area contributed by atoms with E-state index in [9.17, 15) is 4.79 Å². The summed E-state index contributed by atoms with van der Waals surface area (Å²) in [5, 5.41) is 5.77. The Kier molecular flexibility index (Phi) is 6.03. The molecule has 0 aliphatic carbocycles. The molecule has 1 saturated heterocycles. The van der Waals surface area contributed by atoms with Crippen LogP contribution in [0.5, 0.6) is 0 Å². The number of nitrogens with zero attached hydrogens (tertiary/aromatic N) is 2. The lowest BCUT2D eigenvalue weighted by Gasteiger charge is -2.33. The van der Waals surface area contributed by atoms with Gasteiger partial charge in [0.25, 0.3) is 0 Å². The minimum Gasteiger partial charge on any atom is -0.465 e. The predicted octanol–water partition coefficient (Wildman–Crippen LogP) is 1.86. The number of rotatable bonds is 6. The van der Waals surface area contributed by atoms with Crippen molar-refractivity contribution in [3.05, 3.63) is 53.7 Å². The minimum atomic E-state index is -0.216. The Morgan fingerprint density at radius 3 is 2.76 bits per heavy atom. The lowest BCUT2D eigenvalue weighted by Crippen LogP contribution is -2.45. The smallest absolute Gasteiger partial charge is 0.315 e. The average Bonchev–Trinajstić information content (AvgIpc) is 3.08. The second-order valence-corrected chi connectivity index (χ2v) is 6.00. The Morgan fingerprint density at radius 2 is 2.08 bits per heavy atom. The van der Waals surface area contributed by atoms with Gasteiger partial charge in [-0.15, -0.1) is 0 Å².